The molecular weight excluding hydrogens is 344 g/mol. The minimum Gasteiger partial charge on any atom is -0.342 e. The first-order valence-corrected chi connectivity index (χ1v) is 9.41. The van der Waals surface area contributed by atoms with Crippen LogP contribution in [-0.2, 0) is 23.2 Å². The second-order valence-electron chi connectivity index (χ2n) is 7.44. The van der Waals surface area contributed by atoms with Gasteiger partial charge in [-0.15, -0.1) is 10.2 Å². The molecule has 4 rings (SSSR count). The van der Waals surface area contributed by atoms with Crippen LogP contribution in [0.2, 0.25) is 0 Å². The molecule has 2 saturated heterocycles. The first-order chi connectivity index (χ1) is 13.1. The van der Waals surface area contributed by atoms with Gasteiger partial charge in [0.15, 0.2) is 0 Å². The van der Waals surface area contributed by atoms with Crippen molar-refractivity contribution >= 4 is 11.8 Å². The normalized spacial score (nSPS) is 21.1. The Morgan fingerprint density at radius 3 is 2.78 bits per heavy atom. The highest BCUT2D eigenvalue weighted by Crippen LogP contribution is 2.29. The third-order valence-corrected chi connectivity index (χ3v) is 5.58. The zero-order valence-electron chi connectivity index (χ0n) is 15.5. The Morgan fingerprint density at radius 2 is 2.11 bits per heavy atom. The molecule has 8 nitrogen and oxygen atoms in total. The lowest BCUT2D eigenvalue weighted by molar-refractivity contribution is -0.136. The zero-order valence-corrected chi connectivity index (χ0v) is 15.5. The summed E-state index contributed by atoms with van der Waals surface area (Å²) >= 11 is 0. The number of pyridine rings is 1. The fraction of sp³-hybridized carbons (Fsp3) is 0.526. The topological polar surface area (TPSA) is 84.2 Å². The van der Waals surface area contributed by atoms with Gasteiger partial charge in [0, 0.05) is 58.0 Å². The van der Waals surface area contributed by atoms with Gasteiger partial charge >= 0.3 is 0 Å². The molecule has 0 aliphatic carbocycles. The Labute approximate surface area is 158 Å². The summed E-state index contributed by atoms with van der Waals surface area (Å²) in [5, 5.41) is 8.15. The Morgan fingerprint density at radius 1 is 1.30 bits per heavy atom. The molecule has 2 aromatic rings. The summed E-state index contributed by atoms with van der Waals surface area (Å²) in [4.78, 5) is 33.0. The summed E-state index contributed by atoms with van der Waals surface area (Å²) in [6, 6.07) is 3.81. The van der Waals surface area contributed by atoms with E-state index in [0.29, 0.717) is 38.5 Å². The zero-order chi connectivity index (χ0) is 18.8. The van der Waals surface area contributed by atoms with Gasteiger partial charge in [0.05, 0.1) is 5.92 Å². The Kier molecular flexibility index (Phi) is 4.87. The van der Waals surface area contributed by atoms with Gasteiger partial charge in [-0.2, -0.15) is 0 Å². The fourth-order valence-electron chi connectivity index (χ4n) is 4.08. The van der Waals surface area contributed by atoms with E-state index in [0.717, 1.165) is 24.2 Å². The van der Waals surface area contributed by atoms with Crippen molar-refractivity contribution in [2.75, 3.05) is 19.6 Å². The maximum absolute atomic E-state index is 12.9. The highest BCUT2D eigenvalue weighted by Gasteiger charge is 2.37. The molecule has 0 bridgehead atoms. The van der Waals surface area contributed by atoms with Crippen molar-refractivity contribution in [3.8, 4) is 0 Å². The SMILES string of the molecule is Cn1cnnc1C1CCN(C(=O)[C@H]2CC(=O)N(Cc3cccnc3)C2)CC1. The van der Waals surface area contributed by atoms with Crippen molar-refractivity contribution in [2.24, 2.45) is 13.0 Å². The monoisotopic (exact) mass is 368 g/mol. The molecule has 0 radical (unpaired) electrons. The van der Waals surface area contributed by atoms with Crippen molar-refractivity contribution in [1.82, 2.24) is 29.5 Å². The van der Waals surface area contributed by atoms with Gasteiger partial charge < -0.3 is 14.4 Å². The number of amides is 2. The summed E-state index contributed by atoms with van der Waals surface area (Å²) in [5.41, 5.74) is 0.989. The van der Waals surface area contributed by atoms with Crippen LogP contribution in [0.15, 0.2) is 30.9 Å². The van der Waals surface area contributed by atoms with Gasteiger partial charge in [-0.1, -0.05) is 6.07 Å². The van der Waals surface area contributed by atoms with E-state index >= 15 is 0 Å². The molecule has 0 saturated carbocycles. The molecule has 8 heteroatoms. The summed E-state index contributed by atoms with van der Waals surface area (Å²) < 4.78 is 1.95. The number of aryl methyl sites for hydroxylation is 1. The van der Waals surface area contributed by atoms with Crippen LogP contribution in [0.4, 0.5) is 0 Å². The summed E-state index contributed by atoms with van der Waals surface area (Å²) in [6.07, 6.45) is 7.28. The van der Waals surface area contributed by atoms with Gasteiger partial charge in [0.25, 0.3) is 0 Å². The quantitative estimate of drug-likeness (QED) is 0.803. The molecule has 1 atom stereocenters. The number of hydrogen-bond donors (Lipinski definition) is 0. The van der Waals surface area contributed by atoms with E-state index < -0.39 is 0 Å². The Hall–Kier alpha value is -2.77. The molecule has 2 aliphatic rings. The molecule has 2 aromatic heterocycles. The molecule has 2 amide bonds. The number of piperidine rings is 1. The molecule has 4 heterocycles. The van der Waals surface area contributed by atoms with Gasteiger partial charge in [0.1, 0.15) is 12.2 Å². The largest absolute Gasteiger partial charge is 0.342 e. The fourth-order valence-corrected chi connectivity index (χ4v) is 4.08. The maximum Gasteiger partial charge on any atom is 0.227 e. The lowest BCUT2D eigenvalue weighted by Gasteiger charge is -2.33. The van der Waals surface area contributed by atoms with E-state index in [9.17, 15) is 9.59 Å². The number of carbonyl (C=O) groups is 2. The maximum atomic E-state index is 12.9. The second kappa shape index (κ2) is 7.46. The molecule has 0 spiro atoms. The summed E-state index contributed by atoms with van der Waals surface area (Å²) in [6.45, 7) is 2.44. The molecule has 0 unspecified atom stereocenters. The Balaban J connectivity index is 1.33. The average Bonchev–Trinajstić information content (AvgIpc) is 3.28. The minimum atomic E-state index is -0.236. The molecule has 2 aliphatic heterocycles. The van der Waals surface area contributed by atoms with E-state index in [4.69, 9.17) is 0 Å². The standard InChI is InChI=1S/C19H24N6O2/c1-23-13-21-22-18(23)15-4-7-24(8-5-15)19(27)16-9-17(26)25(12-16)11-14-3-2-6-20-10-14/h2-3,6,10,13,15-16H,4-5,7-9,11-12H2,1H3/t16-/m0/s1. The van der Waals surface area contributed by atoms with E-state index in [1.165, 1.54) is 0 Å². The van der Waals surface area contributed by atoms with Gasteiger partial charge in [-0.05, 0) is 24.5 Å². The van der Waals surface area contributed by atoms with Crippen molar-refractivity contribution in [3.05, 3.63) is 42.2 Å². The van der Waals surface area contributed by atoms with Crippen LogP contribution in [0.3, 0.4) is 0 Å². The van der Waals surface area contributed by atoms with Gasteiger partial charge in [-0.3, -0.25) is 14.6 Å². The summed E-state index contributed by atoms with van der Waals surface area (Å²) in [5.74, 6) is 1.25. The van der Waals surface area contributed by atoms with E-state index in [1.807, 2.05) is 28.6 Å². The number of hydrogen-bond acceptors (Lipinski definition) is 5. The third-order valence-electron chi connectivity index (χ3n) is 5.58. The number of likely N-dealkylation sites (tertiary alicyclic amines) is 2. The first kappa shape index (κ1) is 17.6. The van der Waals surface area contributed by atoms with E-state index in [1.54, 1.807) is 23.6 Å². The predicted molar refractivity (Wildman–Crippen MR) is 97.3 cm³/mol. The van der Waals surface area contributed by atoms with Crippen molar-refractivity contribution in [1.29, 1.82) is 0 Å². The van der Waals surface area contributed by atoms with Crippen LogP contribution in [0.25, 0.3) is 0 Å². The van der Waals surface area contributed by atoms with E-state index in [-0.39, 0.29) is 17.7 Å². The van der Waals surface area contributed by atoms with Crippen LogP contribution in [0.1, 0.15) is 36.6 Å². The Bertz CT molecular complexity index is 813. The van der Waals surface area contributed by atoms with Gasteiger partial charge in [-0.25, -0.2) is 0 Å². The van der Waals surface area contributed by atoms with Crippen molar-refractivity contribution in [2.45, 2.75) is 31.7 Å². The first-order valence-electron chi connectivity index (χ1n) is 9.41. The van der Waals surface area contributed by atoms with Crippen LogP contribution in [0.5, 0.6) is 0 Å². The predicted octanol–water partition coefficient (Wildman–Crippen LogP) is 0.965. The highest BCUT2D eigenvalue weighted by atomic mass is 16.2. The lowest BCUT2D eigenvalue weighted by Crippen LogP contribution is -2.42. The third kappa shape index (κ3) is 3.70. The number of rotatable bonds is 4. The van der Waals surface area contributed by atoms with Crippen LogP contribution in [-0.4, -0.2) is 61.0 Å². The molecule has 0 aromatic carbocycles. The second-order valence-corrected chi connectivity index (χ2v) is 7.44. The summed E-state index contributed by atoms with van der Waals surface area (Å²) in [7, 11) is 1.95. The number of carbonyl (C=O) groups excluding carboxylic acids is 2. The highest BCUT2D eigenvalue weighted by molar-refractivity contribution is 5.89. The van der Waals surface area contributed by atoms with E-state index in [2.05, 4.69) is 15.2 Å². The number of nitrogens with zero attached hydrogens (tertiary/aromatic N) is 6. The molecule has 0 N–H and O–H groups in total. The lowest BCUT2D eigenvalue weighted by atomic mass is 9.94. The van der Waals surface area contributed by atoms with Crippen LogP contribution >= 0.6 is 0 Å². The molecule has 2 fully saturated rings. The van der Waals surface area contributed by atoms with Crippen LogP contribution < -0.4 is 0 Å². The molecular formula is C19H24N6O2. The smallest absolute Gasteiger partial charge is 0.227 e. The van der Waals surface area contributed by atoms with Crippen LogP contribution in [0, 0.1) is 5.92 Å². The molecule has 27 heavy (non-hydrogen) atoms. The molecule has 142 valence electrons. The average molecular weight is 368 g/mol. The minimum absolute atomic E-state index is 0.0474. The van der Waals surface area contributed by atoms with Gasteiger partial charge in [0.2, 0.25) is 11.8 Å². The van der Waals surface area contributed by atoms with Crippen molar-refractivity contribution < 1.29 is 9.59 Å². The van der Waals surface area contributed by atoms with Crippen molar-refractivity contribution in [3.63, 3.8) is 0 Å². The number of aromatic nitrogens is 4.